The summed E-state index contributed by atoms with van der Waals surface area (Å²) in [5, 5.41) is 50.2. The molecule has 6 N–H and O–H groups in total. The van der Waals surface area contributed by atoms with Crippen LogP contribution in [0.15, 0.2) is 72.9 Å². The summed E-state index contributed by atoms with van der Waals surface area (Å²) in [5.74, 6) is -1.14. The smallest absolute Gasteiger partial charge is 0.462 e. The third-order valence-electron chi connectivity index (χ3n) is 10.5. The van der Waals surface area contributed by atoms with E-state index in [1.165, 1.54) is 19.3 Å². The van der Waals surface area contributed by atoms with Crippen molar-refractivity contribution in [1.82, 2.24) is 0 Å². The molecule has 1 aliphatic rings. The summed E-state index contributed by atoms with van der Waals surface area (Å²) < 4.78 is 33.5. The molecule has 6 unspecified atom stereocenters. The first-order chi connectivity index (χ1) is 30.4. The number of phosphoric ester groups is 1. The summed E-state index contributed by atoms with van der Waals surface area (Å²) >= 11 is 0. The van der Waals surface area contributed by atoms with Gasteiger partial charge in [0.1, 0.15) is 43.2 Å². The Labute approximate surface area is 378 Å². The summed E-state index contributed by atoms with van der Waals surface area (Å²) in [5.41, 5.74) is 0. The molecule has 63 heavy (non-hydrogen) atoms. The fraction of sp³-hybridized carbons (Fsp3) is 0.714. The second-order valence-electron chi connectivity index (χ2n) is 16.2. The van der Waals surface area contributed by atoms with Crippen LogP contribution in [0.3, 0.4) is 0 Å². The van der Waals surface area contributed by atoms with Crippen LogP contribution in [0.2, 0.25) is 0 Å². The molecular weight excluding hydrogens is 828 g/mol. The molecule has 0 bridgehead atoms. The highest BCUT2D eigenvalue weighted by Crippen LogP contribution is 2.47. The van der Waals surface area contributed by atoms with Gasteiger partial charge < -0.3 is 39.9 Å². The molecule has 6 atom stereocenters. The first-order valence-electron chi connectivity index (χ1n) is 23.7. The molecule has 1 rings (SSSR count). The van der Waals surface area contributed by atoms with Crippen LogP contribution < -0.4 is 0 Å². The Kier molecular flexibility index (Phi) is 35.7. The van der Waals surface area contributed by atoms with E-state index in [2.05, 4.69) is 86.8 Å². The Hall–Kier alpha value is -2.71. The van der Waals surface area contributed by atoms with E-state index < -0.39 is 75.7 Å². The van der Waals surface area contributed by atoms with Gasteiger partial charge in [-0.1, -0.05) is 145 Å². The van der Waals surface area contributed by atoms with Gasteiger partial charge in [-0.25, -0.2) is 4.57 Å². The van der Waals surface area contributed by atoms with Crippen molar-refractivity contribution in [2.24, 2.45) is 0 Å². The maximum Gasteiger partial charge on any atom is 0.472 e. The van der Waals surface area contributed by atoms with Gasteiger partial charge in [0.25, 0.3) is 0 Å². The topological polar surface area (TPSA) is 210 Å². The zero-order chi connectivity index (χ0) is 46.4. The fourth-order valence-corrected chi connectivity index (χ4v) is 7.69. The Morgan fingerprint density at radius 3 is 1.38 bits per heavy atom. The van der Waals surface area contributed by atoms with Crippen LogP contribution in [-0.4, -0.2) is 98.3 Å². The SMILES string of the molecule is CC/C=C\C/C=C\C/C=C\C/C=C\CCCCCCC(=O)OC(COC(=O)CCCCCCCCC/C=C\C/C=C\CCCCC)COP(=O)(O)OC1C(O)C(O)C(O)C(O)C1O. The van der Waals surface area contributed by atoms with Gasteiger partial charge in [0.2, 0.25) is 0 Å². The average molecular weight is 911 g/mol. The third kappa shape index (κ3) is 31.0. The molecule has 0 radical (unpaired) electrons. The minimum absolute atomic E-state index is 0.0633. The molecular formula is C49H83O13P. The van der Waals surface area contributed by atoms with Crippen LogP contribution in [0, 0.1) is 0 Å². The van der Waals surface area contributed by atoms with Gasteiger partial charge in [0.05, 0.1) is 6.61 Å². The van der Waals surface area contributed by atoms with Crippen molar-refractivity contribution in [2.45, 2.75) is 211 Å². The number of esters is 2. The van der Waals surface area contributed by atoms with E-state index in [1.807, 2.05) is 0 Å². The van der Waals surface area contributed by atoms with Gasteiger partial charge in [-0.3, -0.25) is 18.6 Å². The summed E-state index contributed by atoms with van der Waals surface area (Å²) in [6.45, 7) is 3.13. The van der Waals surface area contributed by atoms with E-state index in [4.69, 9.17) is 18.5 Å². The number of aliphatic hydroxyl groups is 5. The molecule has 1 saturated carbocycles. The largest absolute Gasteiger partial charge is 0.472 e. The van der Waals surface area contributed by atoms with E-state index >= 15 is 0 Å². The molecule has 0 aromatic carbocycles. The molecule has 13 nitrogen and oxygen atoms in total. The summed E-state index contributed by atoms with van der Waals surface area (Å²) in [4.78, 5) is 35.7. The lowest BCUT2D eigenvalue weighted by Crippen LogP contribution is -2.64. The number of ether oxygens (including phenoxy) is 2. The van der Waals surface area contributed by atoms with E-state index in [1.54, 1.807) is 0 Å². The standard InChI is InChI=1S/C49H83O13P/c1-3-5-7-9-11-13-15-17-19-21-23-25-27-29-31-33-35-37-42(50)59-39-41(40-60-63(57,58)62-49-47(55)45(53)44(52)46(54)48(49)56)61-43(51)38-36-34-32-30-28-26-24-22-20-18-16-14-12-10-8-6-4-2/h6,8,11-14,17-20,24,26,41,44-49,52-56H,3-5,7,9-10,15-16,21-23,25,27-40H2,1-2H3,(H,57,58)/b8-6-,13-11-,14-12-,19-17-,20-18-,26-24-. The van der Waals surface area contributed by atoms with Crippen LogP contribution in [0.1, 0.15) is 168 Å². The molecule has 0 aromatic heterocycles. The number of carbonyl (C=O) groups is 2. The zero-order valence-electron chi connectivity index (χ0n) is 38.3. The van der Waals surface area contributed by atoms with Crippen LogP contribution in [0.4, 0.5) is 0 Å². The first-order valence-corrected chi connectivity index (χ1v) is 25.2. The van der Waals surface area contributed by atoms with Gasteiger partial charge >= 0.3 is 19.8 Å². The summed E-state index contributed by atoms with van der Waals surface area (Å²) in [6.07, 6.45) is 35.2. The van der Waals surface area contributed by atoms with Gasteiger partial charge in [-0.15, -0.1) is 0 Å². The molecule has 0 spiro atoms. The highest BCUT2D eigenvalue weighted by atomic mass is 31.2. The zero-order valence-corrected chi connectivity index (χ0v) is 39.2. The number of aliphatic hydroxyl groups excluding tert-OH is 5. The highest BCUT2D eigenvalue weighted by Gasteiger charge is 2.51. The van der Waals surface area contributed by atoms with Crippen LogP contribution in [0.25, 0.3) is 0 Å². The Balaban J connectivity index is 2.47. The predicted octanol–water partition coefficient (Wildman–Crippen LogP) is 9.50. The maximum absolute atomic E-state index is 12.8. The lowest BCUT2D eigenvalue weighted by atomic mass is 9.85. The second kappa shape index (κ2) is 38.5. The van der Waals surface area contributed by atoms with Gasteiger partial charge in [0.15, 0.2) is 6.10 Å². The van der Waals surface area contributed by atoms with Crippen molar-refractivity contribution in [1.29, 1.82) is 0 Å². The lowest BCUT2D eigenvalue weighted by molar-refractivity contribution is -0.220. The summed E-state index contributed by atoms with van der Waals surface area (Å²) in [6, 6.07) is 0. The number of allylic oxidation sites excluding steroid dienone is 12. The lowest BCUT2D eigenvalue weighted by Gasteiger charge is -2.41. The molecule has 1 aliphatic carbocycles. The van der Waals surface area contributed by atoms with Gasteiger partial charge in [-0.05, 0) is 83.5 Å². The number of phosphoric acid groups is 1. The predicted molar refractivity (Wildman–Crippen MR) is 249 cm³/mol. The van der Waals surface area contributed by atoms with Crippen LogP contribution in [0.5, 0.6) is 0 Å². The fourth-order valence-electron chi connectivity index (χ4n) is 6.72. The van der Waals surface area contributed by atoms with Crippen molar-refractivity contribution in [2.75, 3.05) is 13.2 Å². The minimum atomic E-state index is -5.13. The number of hydrogen-bond acceptors (Lipinski definition) is 12. The Morgan fingerprint density at radius 1 is 0.508 bits per heavy atom. The second-order valence-corrected chi connectivity index (χ2v) is 17.6. The number of unbranched alkanes of at least 4 members (excludes halogenated alkanes) is 14. The molecule has 0 aliphatic heterocycles. The third-order valence-corrected chi connectivity index (χ3v) is 11.5. The van der Waals surface area contributed by atoms with E-state index in [9.17, 15) is 44.6 Å². The quantitative estimate of drug-likeness (QED) is 0.0148. The van der Waals surface area contributed by atoms with E-state index in [-0.39, 0.29) is 12.8 Å². The Bertz CT molecular complexity index is 1380. The van der Waals surface area contributed by atoms with Gasteiger partial charge in [0, 0.05) is 12.8 Å². The minimum Gasteiger partial charge on any atom is -0.462 e. The normalized spacial score (nSPS) is 22.3. The molecule has 1 fully saturated rings. The number of rotatable bonds is 38. The van der Waals surface area contributed by atoms with Crippen molar-refractivity contribution in [3.05, 3.63) is 72.9 Å². The van der Waals surface area contributed by atoms with Crippen molar-refractivity contribution >= 4 is 19.8 Å². The monoisotopic (exact) mass is 911 g/mol. The maximum atomic E-state index is 12.8. The van der Waals surface area contributed by atoms with Crippen molar-refractivity contribution in [3.8, 4) is 0 Å². The van der Waals surface area contributed by atoms with E-state index in [0.29, 0.717) is 12.8 Å². The average Bonchev–Trinajstić information content (AvgIpc) is 3.26. The molecule has 14 heteroatoms. The first kappa shape index (κ1) is 58.3. The van der Waals surface area contributed by atoms with Crippen LogP contribution in [-0.2, 0) is 32.7 Å². The highest BCUT2D eigenvalue weighted by molar-refractivity contribution is 7.47. The molecule has 0 heterocycles. The van der Waals surface area contributed by atoms with Gasteiger partial charge in [-0.2, -0.15) is 0 Å². The van der Waals surface area contributed by atoms with Crippen molar-refractivity contribution < 1.29 is 63.1 Å². The molecule has 362 valence electrons. The number of hydrogen-bond donors (Lipinski definition) is 6. The van der Waals surface area contributed by atoms with Crippen LogP contribution >= 0.6 is 7.82 Å². The summed E-state index contributed by atoms with van der Waals surface area (Å²) in [7, 11) is -5.13. The molecule has 0 aromatic rings. The molecule has 0 amide bonds. The van der Waals surface area contributed by atoms with E-state index in [0.717, 1.165) is 109 Å². The number of carbonyl (C=O) groups excluding carboxylic acids is 2. The van der Waals surface area contributed by atoms with Crippen molar-refractivity contribution in [3.63, 3.8) is 0 Å². The molecule has 0 saturated heterocycles. The Morgan fingerprint density at radius 2 is 0.905 bits per heavy atom.